The van der Waals surface area contributed by atoms with E-state index >= 15 is 0 Å². The lowest BCUT2D eigenvalue weighted by Gasteiger charge is -2.33. The van der Waals surface area contributed by atoms with Crippen LogP contribution in [0.2, 0.25) is 0 Å². The molecule has 3 heterocycles. The number of hydrogen-bond donors (Lipinski definition) is 0. The van der Waals surface area contributed by atoms with Crippen molar-refractivity contribution in [3.63, 3.8) is 0 Å². The average molecular weight is 436 g/mol. The third-order valence-corrected chi connectivity index (χ3v) is 8.10. The van der Waals surface area contributed by atoms with Gasteiger partial charge in [0.25, 0.3) is 5.91 Å². The van der Waals surface area contributed by atoms with Gasteiger partial charge in [-0.2, -0.15) is 0 Å². The van der Waals surface area contributed by atoms with Crippen LogP contribution in [0.15, 0.2) is 18.3 Å². The Balaban J connectivity index is 1.44. The van der Waals surface area contributed by atoms with Gasteiger partial charge in [0, 0.05) is 31.4 Å². The number of hydrogen-bond acceptors (Lipinski definition) is 7. The highest BCUT2D eigenvalue weighted by atomic mass is 32.2. The maximum Gasteiger partial charge on any atom is 0.342 e. The van der Waals surface area contributed by atoms with Crippen LogP contribution in [-0.2, 0) is 19.4 Å². The maximum absolute atomic E-state index is 13.0. The summed E-state index contributed by atoms with van der Waals surface area (Å²) in [6, 6.07) is 3.08. The monoisotopic (exact) mass is 435 g/mol. The Kier molecular flexibility index (Phi) is 6.26. The van der Waals surface area contributed by atoms with Gasteiger partial charge in [0.15, 0.2) is 16.4 Å². The average Bonchev–Trinajstić information content (AvgIpc) is 3.49. The van der Waals surface area contributed by atoms with Crippen LogP contribution in [0.1, 0.15) is 55.3 Å². The van der Waals surface area contributed by atoms with Crippen LogP contribution in [0.4, 0.5) is 5.82 Å². The third-order valence-electron chi connectivity index (χ3n) is 6.35. The summed E-state index contributed by atoms with van der Waals surface area (Å²) in [6.45, 7) is 1.32. The van der Waals surface area contributed by atoms with Crippen molar-refractivity contribution >= 4 is 27.5 Å². The number of rotatable bonds is 6. The number of anilines is 1. The van der Waals surface area contributed by atoms with Gasteiger partial charge in [0.05, 0.1) is 11.5 Å². The molecule has 3 aliphatic rings. The highest BCUT2D eigenvalue weighted by Gasteiger charge is 2.39. The van der Waals surface area contributed by atoms with Crippen molar-refractivity contribution in [1.29, 1.82) is 0 Å². The van der Waals surface area contributed by atoms with E-state index in [2.05, 4.69) is 9.88 Å². The van der Waals surface area contributed by atoms with Crippen LogP contribution in [-0.4, -0.2) is 73.5 Å². The van der Waals surface area contributed by atoms with Gasteiger partial charge in [-0.25, -0.2) is 18.2 Å². The van der Waals surface area contributed by atoms with Gasteiger partial charge in [-0.05, 0) is 44.2 Å². The molecule has 0 spiro atoms. The van der Waals surface area contributed by atoms with E-state index in [0.29, 0.717) is 17.8 Å². The fourth-order valence-corrected chi connectivity index (χ4v) is 6.61. The molecule has 4 rings (SSSR count). The number of amides is 1. The number of aromatic nitrogens is 1. The number of carbonyl (C=O) groups excluding carboxylic acids is 2. The molecular weight excluding hydrogens is 406 g/mol. The standard InChI is InChI=1S/C21H29N3O5S/c25-19(24(16-6-1-2-7-16)17-9-13-30(27,28)15-17)14-29-21(26)18-8-5-10-22-20(18)23-11-3-4-12-23/h5,8,10,16-17H,1-4,6-7,9,11-15H2. The molecule has 8 nitrogen and oxygen atoms in total. The van der Waals surface area contributed by atoms with E-state index in [1.54, 1.807) is 23.2 Å². The van der Waals surface area contributed by atoms with Crippen molar-refractivity contribution in [2.75, 3.05) is 36.1 Å². The van der Waals surface area contributed by atoms with Crippen molar-refractivity contribution in [3.05, 3.63) is 23.9 Å². The summed E-state index contributed by atoms with van der Waals surface area (Å²) in [5.74, 6) is -0.150. The molecule has 2 saturated heterocycles. The van der Waals surface area contributed by atoms with Crippen LogP contribution in [0, 0.1) is 0 Å². The molecule has 0 radical (unpaired) electrons. The number of sulfone groups is 1. The molecule has 1 amide bonds. The summed E-state index contributed by atoms with van der Waals surface area (Å²) >= 11 is 0. The van der Waals surface area contributed by atoms with Crippen molar-refractivity contribution in [1.82, 2.24) is 9.88 Å². The SMILES string of the molecule is O=C(OCC(=O)N(C1CCCC1)C1CCS(=O)(=O)C1)c1cccnc1N1CCCC1. The largest absolute Gasteiger partial charge is 0.452 e. The summed E-state index contributed by atoms with van der Waals surface area (Å²) in [7, 11) is -3.11. The normalized spacial score (nSPS) is 23.6. The van der Waals surface area contributed by atoms with Gasteiger partial charge in [-0.3, -0.25) is 4.79 Å². The first kappa shape index (κ1) is 21.1. The Morgan fingerprint density at radius 1 is 1.10 bits per heavy atom. The van der Waals surface area contributed by atoms with Crippen LogP contribution >= 0.6 is 0 Å². The maximum atomic E-state index is 13.0. The highest BCUT2D eigenvalue weighted by Crippen LogP contribution is 2.29. The molecule has 1 atom stereocenters. The number of nitrogens with zero attached hydrogens (tertiary/aromatic N) is 3. The van der Waals surface area contributed by atoms with Crippen LogP contribution in [0.25, 0.3) is 0 Å². The zero-order valence-corrected chi connectivity index (χ0v) is 18.0. The smallest absolute Gasteiger partial charge is 0.342 e. The molecule has 164 valence electrons. The molecule has 0 N–H and O–H groups in total. The summed E-state index contributed by atoms with van der Waals surface area (Å²) in [6.07, 6.45) is 8.04. The first-order chi connectivity index (χ1) is 14.4. The minimum Gasteiger partial charge on any atom is -0.452 e. The van der Waals surface area contributed by atoms with Crippen molar-refractivity contribution in [3.8, 4) is 0 Å². The number of esters is 1. The Bertz CT molecular complexity index is 892. The molecule has 2 aliphatic heterocycles. The Hall–Kier alpha value is -2.16. The van der Waals surface area contributed by atoms with Crippen molar-refractivity contribution < 1.29 is 22.7 Å². The van der Waals surface area contributed by atoms with Crippen LogP contribution < -0.4 is 4.90 Å². The number of ether oxygens (including phenoxy) is 1. The van der Waals surface area contributed by atoms with Gasteiger partial charge in [-0.15, -0.1) is 0 Å². The second kappa shape index (κ2) is 8.91. The van der Waals surface area contributed by atoms with Crippen LogP contribution in [0.3, 0.4) is 0 Å². The Labute approximate surface area is 177 Å². The summed E-state index contributed by atoms with van der Waals surface area (Å²) in [4.78, 5) is 33.9. The molecule has 1 aromatic heterocycles. The lowest BCUT2D eigenvalue weighted by atomic mass is 10.1. The zero-order chi connectivity index (χ0) is 21.1. The number of carbonyl (C=O) groups is 2. The Morgan fingerprint density at radius 3 is 2.50 bits per heavy atom. The van der Waals surface area contributed by atoms with E-state index < -0.39 is 15.8 Å². The molecular formula is C21H29N3O5S. The second-order valence-corrected chi connectivity index (χ2v) is 10.7. The van der Waals surface area contributed by atoms with Crippen molar-refractivity contribution in [2.45, 2.75) is 57.0 Å². The molecule has 1 aliphatic carbocycles. The Morgan fingerprint density at radius 2 is 1.83 bits per heavy atom. The van der Waals surface area contributed by atoms with Crippen LogP contribution in [0.5, 0.6) is 0 Å². The zero-order valence-electron chi connectivity index (χ0n) is 17.2. The fraction of sp³-hybridized carbons (Fsp3) is 0.667. The molecule has 0 aromatic carbocycles. The van der Waals surface area contributed by atoms with Gasteiger partial charge < -0.3 is 14.5 Å². The van der Waals surface area contributed by atoms with E-state index in [-0.39, 0.29) is 36.1 Å². The first-order valence-electron chi connectivity index (χ1n) is 10.8. The third kappa shape index (κ3) is 4.61. The summed E-state index contributed by atoms with van der Waals surface area (Å²) in [5.41, 5.74) is 0.364. The fourth-order valence-electron chi connectivity index (χ4n) is 4.90. The van der Waals surface area contributed by atoms with Crippen molar-refractivity contribution in [2.24, 2.45) is 0 Å². The predicted molar refractivity (Wildman–Crippen MR) is 112 cm³/mol. The van der Waals surface area contributed by atoms with E-state index in [9.17, 15) is 18.0 Å². The highest BCUT2D eigenvalue weighted by molar-refractivity contribution is 7.91. The predicted octanol–water partition coefficient (Wildman–Crippen LogP) is 1.80. The summed E-state index contributed by atoms with van der Waals surface area (Å²) in [5, 5.41) is 0. The van der Waals surface area contributed by atoms with Gasteiger partial charge >= 0.3 is 5.97 Å². The molecule has 3 fully saturated rings. The molecule has 1 saturated carbocycles. The summed E-state index contributed by atoms with van der Waals surface area (Å²) < 4.78 is 29.3. The topological polar surface area (TPSA) is 96.9 Å². The minimum absolute atomic E-state index is 0.00486. The van der Waals surface area contributed by atoms with E-state index in [1.807, 2.05) is 0 Å². The van der Waals surface area contributed by atoms with Gasteiger partial charge in [0.2, 0.25) is 0 Å². The second-order valence-electron chi connectivity index (χ2n) is 8.44. The molecule has 0 bridgehead atoms. The number of pyridine rings is 1. The van der Waals surface area contributed by atoms with E-state index in [1.165, 1.54) is 0 Å². The lowest BCUT2D eigenvalue weighted by molar-refractivity contribution is -0.139. The van der Waals surface area contributed by atoms with Gasteiger partial charge in [0.1, 0.15) is 11.4 Å². The molecule has 30 heavy (non-hydrogen) atoms. The minimum atomic E-state index is -3.11. The van der Waals surface area contributed by atoms with E-state index in [4.69, 9.17) is 4.74 Å². The van der Waals surface area contributed by atoms with Gasteiger partial charge in [-0.1, -0.05) is 12.8 Å². The first-order valence-corrected chi connectivity index (χ1v) is 12.7. The molecule has 1 unspecified atom stereocenters. The quantitative estimate of drug-likeness (QED) is 0.629. The molecule has 9 heteroatoms. The lowest BCUT2D eigenvalue weighted by Crippen LogP contribution is -2.48. The van der Waals surface area contributed by atoms with E-state index in [0.717, 1.165) is 51.6 Å². The molecule has 1 aromatic rings.